The van der Waals surface area contributed by atoms with E-state index in [9.17, 15) is 18.5 Å². The molecular formula is C7H8N6O4S3. The van der Waals surface area contributed by atoms with Crippen molar-refractivity contribution in [3.05, 3.63) is 22.0 Å². The number of nitrogen functional groups attached to an aromatic ring is 1. The third kappa shape index (κ3) is 2.84. The van der Waals surface area contributed by atoms with Crippen LogP contribution >= 0.6 is 22.9 Å². The second-order valence-corrected chi connectivity index (χ2v) is 7.15. The van der Waals surface area contributed by atoms with Crippen molar-refractivity contribution in [1.82, 2.24) is 9.36 Å². The third-order valence-electron chi connectivity index (χ3n) is 2.03. The molecule has 0 bridgehead atoms. The minimum absolute atomic E-state index is 0.0520. The van der Waals surface area contributed by atoms with Crippen LogP contribution in [0.5, 0.6) is 0 Å². The van der Waals surface area contributed by atoms with Crippen LogP contribution in [0.15, 0.2) is 10.3 Å². The lowest BCUT2D eigenvalue weighted by Gasteiger charge is -2.00. The van der Waals surface area contributed by atoms with E-state index in [1.165, 1.54) is 0 Å². The Morgan fingerprint density at radius 1 is 1.50 bits per heavy atom. The first-order chi connectivity index (χ1) is 9.33. The summed E-state index contributed by atoms with van der Waals surface area (Å²) in [6.07, 6.45) is 0. The number of anilines is 2. The van der Waals surface area contributed by atoms with Gasteiger partial charge in [0, 0.05) is 17.6 Å². The highest BCUT2D eigenvalue weighted by molar-refractivity contribution is 7.95. The lowest BCUT2D eigenvalue weighted by Crippen LogP contribution is -2.11. The van der Waals surface area contributed by atoms with Gasteiger partial charge in [0.2, 0.25) is 5.13 Å². The van der Waals surface area contributed by atoms with Crippen molar-refractivity contribution in [1.29, 1.82) is 0 Å². The molecule has 0 fully saturated rings. The van der Waals surface area contributed by atoms with Crippen molar-refractivity contribution in [2.75, 3.05) is 10.1 Å². The first-order valence-electron chi connectivity index (χ1n) is 4.91. The highest BCUT2D eigenvalue weighted by Crippen LogP contribution is 2.36. The van der Waals surface area contributed by atoms with E-state index >= 15 is 0 Å². The van der Waals surface area contributed by atoms with Crippen LogP contribution in [0.4, 0.5) is 15.8 Å². The number of aromatic nitrogens is 2. The van der Waals surface area contributed by atoms with Crippen LogP contribution in [0.1, 0.15) is 5.82 Å². The van der Waals surface area contributed by atoms with E-state index in [4.69, 9.17) is 5.84 Å². The fraction of sp³-hybridized carbons (Fsp3) is 0.143. The molecule has 0 unspecified atom stereocenters. The number of hydrogen-bond acceptors (Lipinski definition) is 10. The minimum Gasteiger partial charge on any atom is -0.310 e. The molecule has 0 saturated carbocycles. The van der Waals surface area contributed by atoms with Crippen LogP contribution in [-0.4, -0.2) is 22.7 Å². The van der Waals surface area contributed by atoms with Gasteiger partial charge in [-0.1, -0.05) is 11.3 Å². The summed E-state index contributed by atoms with van der Waals surface area (Å²) in [7, 11) is -3.97. The minimum atomic E-state index is -3.97. The number of rotatable bonds is 5. The summed E-state index contributed by atoms with van der Waals surface area (Å²) in [5.41, 5.74) is 1.69. The van der Waals surface area contributed by atoms with Gasteiger partial charge in [-0.05, 0) is 6.92 Å². The normalized spacial score (nSPS) is 11.3. The lowest BCUT2D eigenvalue weighted by atomic mass is 10.5. The van der Waals surface area contributed by atoms with E-state index in [0.29, 0.717) is 17.2 Å². The van der Waals surface area contributed by atoms with E-state index in [0.717, 1.165) is 17.6 Å². The molecule has 2 heterocycles. The van der Waals surface area contributed by atoms with Gasteiger partial charge in [0.25, 0.3) is 10.0 Å². The van der Waals surface area contributed by atoms with Crippen molar-refractivity contribution in [2.24, 2.45) is 5.84 Å². The highest BCUT2D eigenvalue weighted by Gasteiger charge is 2.26. The summed E-state index contributed by atoms with van der Waals surface area (Å²) in [6, 6.07) is 0.927. The average molecular weight is 336 g/mol. The summed E-state index contributed by atoms with van der Waals surface area (Å²) >= 11 is 1.52. The maximum absolute atomic E-state index is 12.1. The maximum Gasteiger partial charge on any atom is 0.306 e. The quantitative estimate of drug-likeness (QED) is 0.413. The number of thiophene rings is 1. The van der Waals surface area contributed by atoms with E-state index in [2.05, 4.69) is 19.5 Å². The van der Waals surface area contributed by atoms with Crippen LogP contribution in [0.3, 0.4) is 0 Å². The Labute approximate surface area is 121 Å². The first kappa shape index (κ1) is 14.6. The molecule has 0 aliphatic heterocycles. The Morgan fingerprint density at radius 3 is 2.65 bits per heavy atom. The highest BCUT2D eigenvalue weighted by atomic mass is 32.2. The molecule has 0 saturated heterocycles. The van der Waals surface area contributed by atoms with Gasteiger partial charge in [-0.15, -0.1) is 0 Å². The molecule has 0 amide bonds. The number of aryl methyl sites for hydroxylation is 1. The largest absolute Gasteiger partial charge is 0.310 e. The van der Waals surface area contributed by atoms with Crippen LogP contribution in [-0.2, 0) is 10.0 Å². The molecule has 0 radical (unpaired) electrons. The van der Waals surface area contributed by atoms with E-state index in [1.807, 2.05) is 0 Å². The summed E-state index contributed by atoms with van der Waals surface area (Å²) in [4.78, 5) is 13.9. The molecule has 2 aromatic heterocycles. The van der Waals surface area contributed by atoms with Crippen molar-refractivity contribution >= 4 is 48.7 Å². The standard InChI is InChI=1S/C7H8N6O4S3/c1-3-9-7(19-11-3)12-20(16,17)5-2-4(13(14)15)6(10-8)18-5/h2,10H,8H2,1H3,(H,9,11,12). The topological polar surface area (TPSA) is 153 Å². The zero-order valence-electron chi connectivity index (χ0n) is 9.85. The number of hydrogen-bond donors (Lipinski definition) is 3. The van der Waals surface area contributed by atoms with Crippen LogP contribution in [0.25, 0.3) is 0 Å². The van der Waals surface area contributed by atoms with Crippen molar-refractivity contribution in [3.8, 4) is 0 Å². The third-order valence-corrected chi connectivity index (χ3v) is 5.75. The fourth-order valence-electron chi connectivity index (χ4n) is 1.23. The molecule has 0 atom stereocenters. The van der Waals surface area contributed by atoms with E-state index < -0.39 is 20.6 Å². The SMILES string of the molecule is Cc1nsc(NS(=O)(=O)c2cc([N+](=O)[O-])c(NN)s2)n1. The molecule has 0 spiro atoms. The van der Waals surface area contributed by atoms with Crippen LogP contribution in [0.2, 0.25) is 0 Å². The zero-order chi connectivity index (χ0) is 14.9. The number of nitrogens with zero attached hydrogens (tertiary/aromatic N) is 3. The summed E-state index contributed by atoms with van der Waals surface area (Å²) in [6.45, 7) is 1.61. The first-order valence-corrected chi connectivity index (χ1v) is 7.99. The van der Waals surface area contributed by atoms with E-state index in [-0.39, 0.29) is 14.3 Å². The molecule has 0 aromatic carbocycles. The summed E-state index contributed by atoms with van der Waals surface area (Å²) in [5, 5.41) is 10.8. The Balaban J connectivity index is 2.37. The number of nitrogens with two attached hydrogens (primary N) is 1. The van der Waals surface area contributed by atoms with Gasteiger partial charge in [0.15, 0.2) is 5.00 Å². The number of sulfonamides is 1. The van der Waals surface area contributed by atoms with Crippen molar-refractivity contribution < 1.29 is 13.3 Å². The summed E-state index contributed by atoms with van der Waals surface area (Å²) in [5.74, 6) is 5.55. The van der Waals surface area contributed by atoms with Gasteiger partial charge < -0.3 is 5.43 Å². The van der Waals surface area contributed by atoms with E-state index in [1.54, 1.807) is 6.92 Å². The molecular weight excluding hydrogens is 328 g/mol. The van der Waals surface area contributed by atoms with Gasteiger partial charge in [-0.25, -0.2) is 19.2 Å². The number of nitrogens with one attached hydrogen (secondary N) is 2. The van der Waals surface area contributed by atoms with Gasteiger partial charge in [0.05, 0.1) is 4.92 Å². The molecule has 10 nitrogen and oxygen atoms in total. The van der Waals surface area contributed by atoms with Gasteiger partial charge in [-0.3, -0.25) is 14.8 Å². The van der Waals surface area contributed by atoms with Crippen molar-refractivity contribution in [3.63, 3.8) is 0 Å². The molecule has 20 heavy (non-hydrogen) atoms. The van der Waals surface area contributed by atoms with Gasteiger partial charge in [-0.2, -0.15) is 4.37 Å². The number of hydrazine groups is 1. The van der Waals surface area contributed by atoms with Gasteiger partial charge in [0.1, 0.15) is 10.0 Å². The Morgan fingerprint density at radius 2 is 2.20 bits per heavy atom. The van der Waals surface area contributed by atoms with Crippen LogP contribution in [0, 0.1) is 17.0 Å². The molecule has 2 aromatic rings. The molecule has 108 valence electrons. The smallest absolute Gasteiger partial charge is 0.306 e. The fourth-order valence-corrected chi connectivity index (χ4v) is 4.27. The summed E-state index contributed by atoms with van der Waals surface area (Å²) < 4.78 is 29.9. The van der Waals surface area contributed by atoms with Gasteiger partial charge >= 0.3 is 5.69 Å². The molecule has 13 heteroatoms. The molecule has 4 N–H and O–H groups in total. The Hall–Kier alpha value is -1.83. The number of nitro groups is 1. The Kier molecular flexibility index (Phi) is 3.85. The molecule has 0 aliphatic rings. The van der Waals surface area contributed by atoms with Crippen LogP contribution < -0.4 is 16.0 Å². The van der Waals surface area contributed by atoms with Crippen molar-refractivity contribution in [2.45, 2.75) is 11.1 Å². The average Bonchev–Trinajstić information content (AvgIpc) is 2.95. The monoisotopic (exact) mass is 336 g/mol. The lowest BCUT2D eigenvalue weighted by molar-refractivity contribution is -0.383. The molecule has 2 rings (SSSR count). The maximum atomic E-state index is 12.1. The Bertz CT molecular complexity index is 750. The molecule has 0 aliphatic carbocycles. The second kappa shape index (κ2) is 5.28. The predicted octanol–water partition coefficient (Wildman–Crippen LogP) is 0.903. The second-order valence-electron chi connectivity index (χ2n) is 3.43. The zero-order valence-corrected chi connectivity index (χ0v) is 12.3. The predicted molar refractivity (Wildman–Crippen MR) is 74.2 cm³/mol.